The van der Waals surface area contributed by atoms with E-state index in [0.717, 1.165) is 19.4 Å². The van der Waals surface area contributed by atoms with Crippen LogP contribution >= 0.6 is 0 Å². The predicted octanol–water partition coefficient (Wildman–Crippen LogP) is 1.21. The molecule has 2 nitrogen and oxygen atoms in total. The van der Waals surface area contributed by atoms with E-state index >= 15 is 0 Å². The van der Waals surface area contributed by atoms with Gasteiger partial charge in [0.25, 0.3) is 0 Å². The van der Waals surface area contributed by atoms with E-state index in [4.69, 9.17) is 5.26 Å². The van der Waals surface area contributed by atoms with Crippen molar-refractivity contribution >= 4 is 0 Å². The van der Waals surface area contributed by atoms with Crippen LogP contribution in [0.5, 0.6) is 0 Å². The lowest BCUT2D eigenvalue weighted by Gasteiger charge is -2.22. The number of hydrogen-bond donors (Lipinski definition) is 1. The zero-order valence-corrected chi connectivity index (χ0v) is 6.72. The van der Waals surface area contributed by atoms with Crippen molar-refractivity contribution in [3.05, 3.63) is 11.6 Å². The van der Waals surface area contributed by atoms with Crippen molar-refractivity contribution in [1.29, 1.82) is 5.26 Å². The van der Waals surface area contributed by atoms with Crippen molar-refractivity contribution in [3.63, 3.8) is 0 Å². The van der Waals surface area contributed by atoms with Gasteiger partial charge in [-0.3, -0.25) is 5.32 Å². The summed E-state index contributed by atoms with van der Waals surface area (Å²) in [6.45, 7) is 3.06. The highest BCUT2D eigenvalue weighted by molar-refractivity contribution is 5.37. The zero-order chi connectivity index (χ0) is 7.90. The van der Waals surface area contributed by atoms with Crippen LogP contribution in [0.25, 0.3) is 0 Å². The Morgan fingerprint density at radius 3 is 3.27 bits per heavy atom. The number of rotatable bonds is 0. The van der Waals surface area contributed by atoms with Gasteiger partial charge in [0, 0.05) is 0 Å². The van der Waals surface area contributed by atoms with E-state index < -0.39 is 0 Å². The molecular weight excluding hydrogens is 136 g/mol. The van der Waals surface area contributed by atoms with Crippen LogP contribution in [0, 0.1) is 17.2 Å². The van der Waals surface area contributed by atoms with Crippen molar-refractivity contribution in [1.82, 2.24) is 5.32 Å². The van der Waals surface area contributed by atoms with Gasteiger partial charge < -0.3 is 0 Å². The number of fused-ring (bicyclic) bond motifs is 1. The summed E-state index contributed by atoms with van der Waals surface area (Å²) in [5.74, 6) is 0.549. The van der Waals surface area contributed by atoms with Crippen molar-refractivity contribution < 1.29 is 0 Å². The molecule has 2 heteroatoms. The Morgan fingerprint density at radius 1 is 1.82 bits per heavy atom. The highest BCUT2D eigenvalue weighted by Gasteiger charge is 2.46. The summed E-state index contributed by atoms with van der Waals surface area (Å²) in [7, 11) is 0. The maximum Gasteiger partial charge on any atom is 0.131 e. The molecule has 0 bridgehead atoms. The summed E-state index contributed by atoms with van der Waals surface area (Å²) in [6, 6.07) is 2.41. The molecule has 1 heterocycles. The highest BCUT2D eigenvalue weighted by atomic mass is 15.0. The average Bonchev–Trinajstić information content (AvgIpc) is 2.53. The summed E-state index contributed by atoms with van der Waals surface area (Å²) in [6.07, 6.45) is 4.44. The minimum absolute atomic E-state index is 0.278. The monoisotopic (exact) mass is 148 g/mol. The minimum atomic E-state index is -0.278. The van der Waals surface area contributed by atoms with E-state index in [1.807, 2.05) is 0 Å². The third-order valence-electron chi connectivity index (χ3n) is 3.02. The maximum atomic E-state index is 9.04. The van der Waals surface area contributed by atoms with Gasteiger partial charge in [0.2, 0.25) is 0 Å². The SMILES string of the molecule is CC1=CC[C@@H]2CCN[C@]12C#N. The molecule has 0 aromatic carbocycles. The summed E-state index contributed by atoms with van der Waals surface area (Å²) in [5.41, 5.74) is 0.947. The average molecular weight is 148 g/mol. The molecule has 2 aliphatic rings. The second-order valence-electron chi connectivity index (χ2n) is 3.46. The molecule has 58 valence electrons. The second-order valence-corrected chi connectivity index (χ2v) is 3.46. The summed E-state index contributed by atoms with van der Waals surface area (Å²) in [4.78, 5) is 0. The van der Waals surface area contributed by atoms with Crippen LogP contribution in [-0.4, -0.2) is 12.1 Å². The van der Waals surface area contributed by atoms with Gasteiger partial charge >= 0.3 is 0 Å². The van der Waals surface area contributed by atoms with Crippen LogP contribution in [0.3, 0.4) is 0 Å². The minimum Gasteiger partial charge on any atom is -0.296 e. The van der Waals surface area contributed by atoms with Gasteiger partial charge in [-0.1, -0.05) is 6.08 Å². The molecule has 1 aliphatic carbocycles. The van der Waals surface area contributed by atoms with Gasteiger partial charge in [-0.15, -0.1) is 0 Å². The summed E-state index contributed by atoms with van der Waals surface area (Å²) in [5, 5.41) is 12.3. The van der Waals surface area contributed by atoms with Gasteiger partial charge in [0.05, 0.1) is 6.07 Å². The molecule has 0 unspecified atom stereocenters. The smallest absolute Gasteiger partial charge is 0.131 e. The normalized spacial score (nSPS) is 41.5. The molecule has 1 saturated heterocycles. The number of hydrogen-bond acceptors (Lipinski definition) is 2. The van der Waals surface area contributed by atoms with E-state index in [0.29, 0.717) is 5.92 Å². The first-order valence-corrected chi connectivity index (χ1v) is 4.13. The molecule has 0 amide bonds. The zero-order valence-electron chi connectivity index (χ0n) is 6.72. The first-order chi connectivity index (χ1) is 5.29. The fraction of sp³-hybridized carbons (Fsp3) is 0.667. The largest absolute Gasteiger partial charge is 0.296 e. The Labute approximate surface area is 66.9 Å². The van der Waals surface area contributed by atoms with Crippen molar-refractivity contribution in [2.24, 2.45) is 5.92 Å². The first-order valence-electron chi connectivity index (χ1n) is 4.13. The van der Waals surface area contributed by atoms with E-state index in [2.05, 4.69) is 24.4 Å². The molecule has 0 spiro atoms. The van der Waals surface area contributed by atoms with Gasteiger partial charge in [0.15, 0.2) is 0 Å². The standard InChI is InChI=1S/C9H12N2/c1-7-2-3-8-4-5-11-9(7,8)6-10/h2,8,11H,3-5H2,1H3/t8-,9-/m1/s1. The third kappa shape index (κ3) is 0.693. The lowest BCUT2D eigenvalue weighted by molar-refractivity contribution is 0.445. The third-order valence-corrected chi connectivity index (χ3v) is 3.02. The van der Waals surface area contributed by atoms with Crippen LogP contribution in [-0.2, 0) is 0 Å². The molecule has 0 aromatic rings. The van der Waals surface area contributed by atoms with Crippen molar-refractivity contribution in [2.45, 2.75) is 25.3 Å². The lowest BCUT2D eigenvalue weighted by Crippen LogP contribution is -2.41. The predicted molar refractivity (Wildman–Crippen MR) is 42.8 cm³/mol. The fourth-order valence-corrected chi connectivity index (χ4v) is 2.26. The Bertz CT molecular complexity index is 249. The number of allylic oxidation sites excluding steroid dienone is 1. The second kappa shape index (κ2) is 2.09. The fourth-order valence-electron chi connectivity index (χ4n) is 2.26. The number of nitrogens with zero attached hydrogens (tertiary/aromatic N) is 1. The van der Waals surface area contributed by atoms with Crippen LogP contribution in [0.2, 0.25) is 0 Å². The molecule has 1 fully saturated rings. The lowest BCUT2D eigenvalue weighted by atomic mass is 9.86. The molecule has 0 aromatic heterocycles. The molecule has 2 atom stereocenters. The topological polar surface area (TPSA) is 35.8 Å². The van der Waals surface area contributed by atoms with Gasteiger partial charge in [-0.05, 0) is 37.8 Å². The van der Waals surface area contributed by atoms with Crippen molar-refractivity contribution in [2.75, 3.05) is 6.54 Å². The molecule has 1 N–H and O–H groups in total. The van der Waals surface area contributed by atoms with Crippen LogP contribution in [0.1, 0.15) is 19.8 Å². The highest BCUT2D eigenvalue weighted by Crippen LogP contribution is 2.40. The van der Waals surface area contributed by atoms with Gasteiger partial charge in [-0.25, -0.2) is 0 Å². The maximum absolute atomic E-state index is 9.04. The molecule has 0 radical (unpaired) electrons. The van der Waals surface area contributed by atoms with Crippen molar-refractivity contribution in [3.8, 4) is 6.07 Å². The van der Waals surface area contributed by atoms with E-state index in [1.54, 1.807) is 0 Å². The molecule has 0 saturated carbocycles. The van der Waals surface area contributed by atoms with E-state index in [-0.39, 0.29) is 5.54 Å². The van der Waals surface area contributed by atoms with Crippen LogP contribution in [0.4, 0.5) is 0 Å². The molecule has 11 heavy (non-hydrogen) atoms. The van der Waals surface area contributed by atoms with Crippen LogP contribution in [0.15, 0.2) is 11.6 Å². The Kier molecular flexibility index (Phi) is 1.30. The molecular formula is C9H12N2. The Hall–Kier alpha value is -0.810. The number of nitrogens with one attached hydrogen (secondary N) is 1. The summed E-state index contributed by atoms with van der Waals surface area (Å²) >= 11 is 0. The Balaban J connectivity index is 2.39. The molecule has 2 rings (SSSR count). The van der Waals surface area contributed by atoms with Gasteiger partial charge in [-0.2, -0.15) is 5.26 Å². The van der Waals surface area contributed by atoms with E-state index in [9.17, 15) is 0 Å². The van der Waals surface area contributed by atoms with Gasteiger partial charge in [0.1, 0.15) is 5.54 Å². The number of nitriles is 1. The quantitative estimate of drug-likeness (QED) is 0.524. The molecule has 1 aliphatic heterocycles. The first kappa shape index (κ1) is 6.87. The summed E-state index contributed by atoms with van der Waals surface area (Å²) < 4.78 is 0. The Morgan fingerprint density at radius 2 is 2.64 bits per heavy atom. The van der Waals surface area contributed by atoms with E-state index in [1.165, 1.54) is 5.57 Å². The van der Waals surface area contributed by atoms with Crippen LogP contribution < -0.4 is 5.32 Å².